The van der Waals surface area contributed by atoms with Crippen LogP contribution in [0.3, 0.4) is 0 Å². The molecule has 7 nitrogen and oxygen atoms in total. The number of hydrogen-bond acceptors (Lipinski definition) is 5. The number of para-hydroxylation sites is 1. The summed E-state index contributed by atoms with van der Waals surface area (Å²) in [5.74, 6) is -0.347. The average molecular weight is 312 g/mol. The number of benzene rings is 2. The topological polar surface area (TPSA) is 96.6 Å². The van der Waals surface area contributed by atoms with E-state index in [2.05, 4.69) is 15.8 Å². The van der Waals surface area contributed by atoms with Crippen LogP contribution in [-0.4, -0.2) is 23.6 Å². The van der Waals surface area contributed by atoms with Gasteiger partial charge in [-0.1, -0.05) is 29.8 Å². The van der Waals surface area contributed by atoms with Crippen molar-refractivity contribution < 1.29 is 9.72 Å². The molecule has 0 aromatic heterocycles. The fourth-order valence-corrected chi connectivity index (χ4v) is 1.83. The molecule has 0 atom stereocenters. The number of carbonyl (C=O) groups is 1. The number of aryl methyl sites for hydroxylation is 1. The van der Waals surface area contributed by atoms with Gasteiger partial charge in [0.25, 0.3) is 11.6 Å². The third-order valence-electron chi connectivity index (χ3n) is 3.03. The molecule has 2 N–H and O–H groups in total. The van der Waals surface area contributed by atoms with Gasteiger partial charge in [-0.2, -0.15) is 5.10 Å². The standard InChI is InChI=1S/C16H16N4O3/c1-12-6-8-14(9-7-12)17-11-16(21)19-18-10-13-4-2-3-5-15(13)20(22)23/h2-10,17H,11H2,1H3,(H,19,21)/b18-10+. The fourth-order valence-electron chi connectivity index (χ4n) is 1.83. The predicted octanol–water partition coefficient (Wildman–Crippen LogP) is 2.47. The van der Waals surface area contributed by atoms with Crippen molar-refractivity contribution >= 4 is 23.5 Å². The van der Waals surface area contributed by atoms with Crippen molar-refractivity contribution in [2.45, 2.75) is 6.92 Å². The van der Waals surface area contributed by atoms with E-state index in [0.29, 0.717) is 5.56 Å². The van der Waals surface area contributed by atoms with Gasteiger partial charge in [-0.05, 0) is 25.1 Å². The average Bonchev–Trinajstić information content (AvgIpc) is 2.54. The molecule has 0 bridgehead atoms. The van der Waals surface area contributed by atoms with Gasteiger partial charge >= 0.3 is 0 Å². The highest BCUT2D eigenvalue weighted by Gasteiger charge is 2.09. The molecule has 0 saturated heterocycles. The van der Waals surface area contributed by atoms with E-state index < -0.39 is 4.92 Å². The molecule has 0 fully saturated rings. The molecule has 23 heavy (non-hydrogen) atoms. The van der Waals surface area contributed by atoms with E-state index in [9.17, 15) is 14.9 Å². The summed E-state index contributed by atoms with van der Waals surface area (Å²) in [4.78, 5) is 22.0. The van der Waals surface area contributed by atoms with Crippen LogP contribution in [0.2, 0.25) is 0 Å². The number of nitrogens with one attached hydrogen (secondary N) is 2. The van der Waals surface area contributed by atoms with Crippen LogP contribution in [0.25, 0.3) is 0 Å². The van der Waals surface area contributed by atoms with Gasteiger partial charge in [0.05, 0.1) is 23.2 Å². The number of carbonyl (C=O) groups excluding carboxylic acids is 1. The molecule has 0 saturated carbocycles. The van der Waals surface area contributed by atoms with Gasteiger partial charge in [-0.3, -0.25) is 14.9 Å². The summed E-state index contributed by atoms with van der Waals surface area (Å²) >= 11 is 0. The summed E-state index contributed by atoms with van der Waals surface area (Å²) in [7, 11) is 0. The highest BCUT2D eigenvalue weighted by atomic mass is 16.6. The van der Waals surface area contributed by atoms with E-state index in [-0.39, 0.29) is 18.1 Å². The van der Waals surface area contributed by atoms with Crippen molar-refractivity contribution in [3.63, 3.8) is 0 Å². The van der Waals surface area contributed by atoms with E-state index in [1.807, 2.05) is 31.2 Å². The summed E-state index contributed by atoms with van der Waals surface area (Å²) in [5.41, 5.74) is 4.54. The molecule has 2 rings (SSSR count). The van der Waals surface area contributed by atoms with Crippen LogP contribution in [0, 0.1) is 17.0 Å². The molecular formula is C16H16N4O3. The van der Waals surface area contributed by atoms with Gasteiger partial charge in [0.1, 0.15) is 0 Å². The van der Waals surface area contributed by atoms with E-state index in [1.165, 1.54) is 12.3 Å². The lowest BCUT2D eigenvalue weighted by Crippen LogP contribution is -2.25. The summed E-state index contributed by atoms with van der Waals surface area (Å²) in [6, 6.07) is 13.8. The number of rotatable bonds is 6. The number of nitrogens with zero attached hydrogens (tertiary/aromatic N) is 2. The highest BCUT2D eigenvalue weighted by molar-refractivity contribution is 5.87. The van der Waals surface area contributed by atoms with Crippen LogP contribution in [0.4, 0.5) is 11.4 Å². The molecule has 0 heterocycles. The van der Waals surface area contributed by atoms with Gasteiger partial charge in [0.15, 0.2) is 0 Å². The van der Waals surface area contributed by atoms with Gasteiger partial charge in [-0.15, -0.1) is 0 Å². The van der Waals surface area contributed by atoms with E-state index >= 15 is 0 Å². The summed E-state index contributed by atoms with van der Waals surface area (Å²) in [5, 5.41) is 17.5. The summed E-state index contributed by atoms with van der Waals surface area (Å²) < 4.78 is 0. The van der Waals surface area contributed by atoms with Crippen molar-refractivity contribution in [3.8, 4) is 0 Å². The molecule has 0 radical (unpaired) electrons. The zero-order valence-electron chi connectivity index (χ0n) is 12.5. The molecule has 0 aliphatic rings. The highest BCUT2D eigenvalue weighted by Crippen LogP contribution is 2.15. The first-order chi connectivity index (χ1) is 11.1. The van der Waals surface area contributed by atoms with E-state index in [4.69, 9.17) is 0 Å². The zero-order valence-corrected chi connectivity index (χ0v) is 12.5. The Kier molecular flexibility index (Phi) is 5.40. The van der Waals surface area contributed by atoms with Gasteiger partial charge in [-0.25, -0.2) is 5.43 Å². The minimum Gasteiger partial charge on any atom is -0.376 e. The predicted molar refractivity (Wildman–Crippen MR) is 88.5 cm³/mol. The fraction of sp³-hybridized carbons (Fsp3) is 0.125. The number of hydrazone groups is 1. The quantitative estimate of drug-likeness (QED) is 0.486. The lowest BCUT2D eigenvalue weighted by Gasteiger charge is -2.05. The number of nitro benzene ring substituents is 1. The first kappa shape index (κ1) is 16.2. The second-order valence-electron chi connectivity index (χ2n) is 4.83. The summed E-state index contributed by atoms with van der Waals surface area (Å²) in [6.45, 7) is 2.03. The minimum atomic E-state index is -0.498. The molecule has 0 aliphatic heterocycles. The van der Waals surface area contributed by atoms with Crippen molar-refractivity contribution in [1.29, 1.82) is 0 Å². The van der Waals surface area contributed by atoms with Gasteiger partial charge in [0, 0.05) is 11.8 Å². The van der Waals surface area contributed by atoms with Crippen LogP contribution in [0.1, 0.15) is 11.1 Å². The maximum atomic E-state index is 11.7. The summed E-state index contributed by atoms with van der Waals surface area (Å²) in [6.07, 6.45) is 1.25. The molecule has 118 valence electrons. The maximum absolute atomic E-state index is 11.7. The molecule has 1 amide bonds. The number of hydrogen-bond donors (Lipinski definition) is 2. The van der Waals surface area contributed by atoms with Crippen molar-refractivity contribution in [2.24, 2.45) is 5.10 Å². The Bertz CT molecular complexity index is 726. The van der Waals surface area contributed by atoms with Crippen LogP contribution >= 0.6 is 0 Å². The maximum Gasteiger partial charge on any atom is 0.278 e. The Labute approximate surface area is 133 Å². The van der Waals surface area contributed by atoms with Crippen molar-refractivity contribution in [2.75, 3.05) is 11.9 Å². The Morgan fingerprint density at radius 3 is 2.61 bits per heavy atom. The Morgan fingerprint density at radius 2 is 1.91 bits per heavy atom. The zero-order chi connectivity index (χ0) is 16.7. The first-order valence-corrected chi connectivity index (χ1v) is 6.92. The minimum absolute atomic E-state index is 0.0529. The van der Waals surface area contributed by atoms with E-state index in [1.54, 1.807) is 18.2 Å². The largest absolute Gasteiger partial charge is 0.376 e. The normalized spacial score (nSPS) is 10.5. The molecule has 0 aliphatic carbocycles. The van der Waals surface area contributed by atoms with Crippen LogP contribution in [0.15, 0.2) is 53.6 Å². The molecule has 0 unspecified atom stereocenters. The monoisotopic (exact) mass is 312 g/mol. The lowest BCUT2D eigenvalue weighted by molar-refractivity contribution is -0.385. The van der Waals surface area contributed by atoms with Crippen molar-refractivity contribution in [1.82, 2.24) is 5.43 Å². The van der Waals surface area contributed by atoms with Gasteiger partial charge in [0.2, 0.25) is 0 Å². The Morgan fingerprint density at radius 1 is 1.22 bits per heavy atom. The third kappa shape index (κ3) is 4.92. The first-order valence-electron chi connectivity index (χ1n) is 6.92. The van der Waals surface area contributed by atoms with Crippen LogP contribution in [-0.2, 0) is 4.79 Å². The smallest absolute Gasteiger partial charge is 0.278 e. The molecule has 7 heteroatoms. The Hall–Kier alpha value is -3.22. The molecule has 2 aromatic carbocycles. The number of anilines is 1. The van der Waals surface area contributed by atoms with Crippen molar-refractivity contribution in [3.05, 3.63) is 69.8 Å². The Balaban J connectivity index is 1.87. The van der Waals surface area contributed by atoms with E-state index in [0.717, 1.165) is 11.3 Å². The molecule has 2 aromatic rings. The molecule has 0 spiro atoms. The third-order valence-corrected chi connectivity index (χ3v) is 3.03. The number of nitro groups is 1. The molecular weight excluding hydrogens is 296 g/mol. The SMILES string of the molecule is Cc1ccc(NCC(=O)N/N=C/c2ccccc2[N+](=O)[O-])cc1. The van der Waals surface area contributed by atoms with Gasteiger partial charge < -0.3 is 5.32 Å². The van der Waals surface area contributed by atoms with Crippen LogP contribution in [0.5, 0.6) is 0 Å². The van der Waals surface area contributed by atoms with Crippen LogP contribution < -0.4 is 10.7 Å². The lowest BCUT2D eigenvalue weighted by atomic mass is 10.2. The second kappa shape index (κ2) is 7.69. The number of amides is 1. The second-order valence-corrected chi connectivity index (χ2v) is 4.83.